The Morgan fingerprint density at radius 2 is 2.14 bits per heavy atom. The monoisotopic (exact) mass is 351 g/mol. The average Bonchev–Trinajstić information content (AvgIpc) is 2.47. The van der Waals surface area contributed by atoms with Crippen molar-refractivity contribution in [1.29, 1.82) is 0 Å². The van der Waals surface area contributed by atoms with Gasteiger partial charge >= 0.3 is 0 Å². The third-order valence-electron chi connectivity index (χ3n) is 2.64. The maximum Gasteiger partial charge on any atom is 0.296 e. The minimum Gasteiger partial charge on any atom is -0.496 e. The number of hydrogen-bond donors (Lipinski definition) is 1. The van der Waals surface area contributed by atoms with E-state index in [4.69, 9.17) is 4.74 Å². The number of halogens is 1. The van der Waals surface area contributed by atoms with Crippen LogP contribution in [0, 0.1) is 10.1 Å². The Morgan fingerprint density at radius 1 is 1.38 bits per heavy atom. The van der Waals surface area contributed by atoms with Gasteiger partial charge in [0.1, 0.15) is 16.0 Å². The normalized spacial score (nSPS) is 10.0. The zero-order valence-electron chi connectivity index (χ0n) is 10.9. The number of ether oxygens (including phenoxy) is 1. The Balaban J connectivity index is 2.31. The number of carbonyl (C=O) groups is 1. The van der Waals surface area contributed by atoms with E-state index in [9.17, 15) is 14.9 Å². The SMILES string of the molecule is COc1ccc(NC(=O)c2ccnc(Br)c2)c([N+](=O)[O-])c1. The lowest BCUT2D eigenvalue weighted by Gasteiger charge is -2.07. The number of hydrogen-bond acceptors (Lipinski definition) is 5. The number of methoxy groups -OCH3 is 1. The molecule has 2 rings (SSSR count). The second kappa shape index (κ2) is 6.31. The van der Waals surface area contributed by atoms with Crippen LogP contribution in [0.5, 0.6) is 5.75 Å². The first-order valence-corrected chi connectivity index (χ1v) is 6.56. The molecule has 1 heterocycles. The van der Waals surface area contributed by atoms with Gasteiger partial charge in [-0.15, -0.1) is 0 Å². The van der Waals surface area contributed by atoms with Crippen molar-refractivity contribution < 1.29 is 14.5 Å². The largest absolute Gasteiger partial charge is 0.496 e. The summed E-state index contributed by atoms with van der Waals surface area (Å²) in [7, 11) is 1.41. The topological polar surface area (TPSA) is 94.4 Å². The van der Waals surface area contributed by atoms with Crippen molar-refractivity contribution in [3.63, 3.8) is 0 Å². The Kier molecular flexibility index (Phi) is 4.49. The number of nitro groups is 1. The number of nitro benzene ring substituents is 1. The van der Waals surface area contributed by atoms with E-state index in [0.29, 0.717) is 15.9 Å². The molecule has 1 aromatic carbocycles. The summed E-state index contributed by atoms with van der Waals surface area (Å²) in [5.74, 6) is -0.127. The molecular formula is C13H10BrN3O4. The predicted molar refractivity (Wildman–Crippen MR) is 79.5 cm³/mol. The molecule has 8 heteroatoms. The van der Waals surface area contributed by atoms with Gasteiger partial charge in [0.25, 0.3) is 11.6 Å². The summed E-state index contributed by atoms with van der Waals surface area (Å²) in [6, 6.07) is 7.23. The molecule has 0 unspecified atom stereocenters. The zero-order valence-corrected chi connectivity index (χ0v) is 12.5. The molecule has 0 aliphatic heterocycles. The van der Waals surface area contributed by atoms with Crippen molar-refractivity contribution in [3.05, 3.63) is 56.8 Å². The molecule has 0 aliphatic rings. The van der Waals surface area contributed by atoms with Gasteiger partial charge in [-0.05, 0) is 40.2 Å². The van der Waals surface area contributed by atoms with Gasteiger partial charge in [-0.25, -0.2) is 4.98 Å². The molecule has 7 nitrogen and oxygen atoms in total. The molecule has 108 valence electrons. The highest BCUT2D eigenvalue weighted by molar-refractivity contribution is 9.10. The van der Waals surface area contributed by atoms with Crippen molar-refractivity contribution in [1.82, 2.24) is 4.98 Å². The molecule has 1 amide bonds. The van der Waals surface area contributed by atoms with Gasteiger partial charge in [0.2, 0.25) is 0 Å². The molecule has 0 radical (unpaired) electrons. The minimum atomic E-state index is -0.583. The summed E-state index contributed by atoms with van der Waals surface area (Å²) in [6.07, 6.45) is 1.46. The number of pyridine rings is 1. The first kappa shape index (κ1) is 14.9. The van der Waals surface area contributed by atoms with Crippen molar-refractivity contribution in [2.24, 2.45) is 0 Å². The van der Waals surface area contributed by atoms with E-state index in [0.717, 1.165) is 0 Å². The number of nitrogens with one attached hydrogen (secondary N) is 1. The van der Waals surface area contributed by atoms with Crippen LogP contribution in [0.2, 0.25) is 0 Å². The quantitative estimate of drug-likeness (QED) is 0.519. The van der Waals surface area contributed by atoms with Gasteiger partial charge in [0.05, 0.1) is 18.1 Å². The van der Waals surface area contributed by atoms with Crippen LogP contribution < -0.4 is 10.1 Å². The van der Waals surface area contributed by atoms with Gasteiger partial charge in [0, 0.05) is 11.8 Å². The first-order valence-electron chi connectivity index (χ1n) is 5.76. The summed E-state index contributed by atoms with van der Waals surface area (Å²) < 4.78 is 5.43. The number of amides is 1. The van der Waals surface area contributed by atoms with Gasteiger partial charge in [0.15, 0.2) is 0 Å². The van der Waals surface area contributed by atoms with E-state index in [1.165, 1.54) is 43.6 Å². The Bertz CT molecular complexity index is 706. The highest BCUT2D eigenvalue weighted by Crippen LogP contribution is 2.29. The molecular weight excluding hydrogens is 342 g/mol. The van der Waals surface area contributed by atoms with Crippen molar-refractivity contribution >= 4 is 33.2 Å². The standard InChI is InChI=1S/C13H10BrN3O4/c1-21-9-2-3-10(11(7-9)17(19)20)16-13(18)8-4-5-15-12(14)6-8/h2-7H,1H3,(H,16,18). The van der Waals surface area contributed by atoms with Gasteiger partial charge < -0.3 is 10.1 Å². The third kappa shape index (κ3) is 3.54. The average molecular weight is 352 g/mol. The lowest BCUT2D eigenvalue weighted by molar-refractivity contribution is -0.384. The summed E-state index contributed by atoms with van der Waals surface area (Å²) in [6.45, 7) is 0. The van der Waals surface area contributed by atoms with Crippen LogP contribution in [0.15, 0.2) is 41.1 Å². The van der Waals surface area contributed by atoms with Crippen molar-refractivity contribution in [3.8, 4) is 5.75 Å². The Labute approximate surface area is 128 Å². The lowest BCUT2D eigenvalue weighted by Crippen LogP contribution is -2.13. The van der Waals surface area contributed by atoms with Gasteiger partial charge in [-0.1, -0.05) is 0 Å². The second-order valence-electron chi connectivity index (χ2n) is 3.96. The van der Waals surface area contributed by atoms with Crippen molar-refractivity contribution in [2.75, 3.05) is 12.4 Å². The number of anilines is 1. The number of benzene rings is 1. The van der Waals surface area contributed by atoms with E-state index in [2.05, 4.69) is 26.2 Å². The number of rotatable bonds is 4. The number of aromatic nitrogens is 1. The molecule has 0 aliphatic carbocycles. The Morgan fingerprint density at radius 3 is 2.76 bits per heavy atom. The van der Waals surface area contributed by atoms with Crippen LogP contribution in [0.1, 0.15) is 10.4 Å². The lowest BCUT2D eigenvalue weighted by atomic mass is 10.2. The van der Waals surface area contributed by atoms with E-state index in [-0.39, 0.29) is 11.4 Å². The molecule has 2 aromatic rings. The third-order valence-corrected chi connectivity index (χ3v) is 3.07. The van der Waals surface area contributed by atoms with E-state index in [1.54, 1.807) is 0 Å². The van der Waals surface area contributed by atoms with Crippen LogP contribution in [-0.2, 0) is 0 Å². The summed E-state index contributed by atoms with van der Waals surface area (Å²) >= 11 is 3.16. The fourth-order valence-corrected chi connectivity index (χ4v) is 2.00. The van der Waals surface area contributed by atoms with Crippen molar-refractivity contribution in [2.45, 2.75) is 0 Å². The predicted octanol–water partition coefficient (Wildman–Crippen LogP) is 3.01. The molecule has 0 saturated carbocycles. The molecule has 0 spiro atoms. The molecule has 21 heavy (non-hydrogen) atoms. The van der Waals surface area contributed by atoms with Gasteiger partial charge in [-0.2, -0.15) is 0 Å². The van der Waals surface area contributed by atoms with Crippen LogP contribution in [0.4, 0.5) is 11.4 Å². The highest BCUT2D eigenvalue weighted by atomic mass is 79.9. The van der Waals surface area contributed by atoms with Crippen LogP contribution in [0.3, 0.4) is 0 Å². The summed E-state index contributed by atoms with van der Waals surface area (Å²) in [4.78, 5) is 26.5. The highest BCUT2D eigenvalue weighted by Gasteiger charge is 2.18. The second-order valence-corrected chi connectivity index (χ2v) is 4.77. The zero-order chi connectivity index (χ0) is 15.4. The molecule has 0 bridgehead atoms. The molecule has 0 atom stereocenters. The summed E-state index contributed by atoms with van der Waals surface area (Å²) in [5, 5.41) is 13.5. The van der Waals surface area contributed by atoms with E-state index in [1.807, 2.05) is 0 Å². The number of nitrogens with zero attached hydrogens (tertiary/aromatic N) is 2. The fraction of sp³-hybridized carbons (Fsp3) is 0.0769. The van der Waals surface area contributed by atoms with E-state index < -0.39 is 10.8 Å². The van der Waals surface area contributed by atoms with Crippen LogP contribution in [-0.4, -0.2) is 22.9 Å². The molecule has 1 N–H and O–H groups in total. The Hall–Kier alpha value is -2.48. The number of carbonyl (C=O) groups excluding carboxylic acids is 1. The molecule has 1 aromatic heterocycles. The van der Waals surface area contributed by atoms with E-state index >= 15 is 0 Å². The first-order chi connectivity index (χ1) is 10.0. The maximum absolute atomic E-state index is 12.1. The molecule has 0 saturated heterocycles. The maximum atomic E-state index is 12.1. The molecule has 0 fully saturated rings. The summed E-state index contributed by atoms with van der Waals surface area (Å²) in [5.41, 5.74) is 0.191. The fourth-order valence-electron chi connectivity index (χ4n) is 1.63. The minimum absolute atomic E-state index is 0.0961. The van der Waals surface area contributed by atoms with Crippen LogP contribution in [0.25, 0.3) is 0 Å². The van der Waals surface area contributed by atoms with Crippen LogP contribution >= 0.6 is 15.9 Å². The van der Waals surface area contributed by atoms with Gasteiger partial charge in [-0.3, -0.25) is 14.9 Å². The smallest absolute Gasteiger partial charge is 0.296 e.